The van der Waals surface area contributed by atoms with Gasteiger partial charge in [0.25, 0.3) is 11.8 Å². The number of hydrogen-bond donors (Lipinski definition) is 5. The summed E-state index contributed by atoms with van der Waals surface area (Å²) in [4.78, 5) is 25.5. The van der Waals surface area contributed by atoms with Crippen LogP contribution in [0.4, 0.5) is 14.5 Å². The predicted octanol–water partition coefficient (Wildman–Crippen LogP) is 1.67. The van der Waals surface area contributed by atoms with Crippen LogP contribution in [0.1, 0.15) is 45.9 Å². The van der Waals surface area contributed by atoms with E-state index in [9.17, 15) is 33.7 Å². The lowest BCUT2D eigenvalue weighted by molar-refractivity contribution is -0.132. The molecule has 3 atom stereocenters. The SMILES string of the molecule is Cc1cc(NC(=O)c2c(C)c(C(O)C(=O)N[C@H](CO)[C@@H](C)O)n(CCF)c2C)ccc1F. The Hall–Kier alpha value is -2.82. The number of aliphatic hydroxyl groups is 3. The number of aromatic nitrogens is 1. The van der Waals surface area contributed by atoms with E-state index in [1.54, 1.807) is 13.8 Å². The summed E-state index contributed by atoms with van der Waals surface area (Å²) in [6, 6.07) is 3.08. The van der Waals surface area contributed by atoms with E-state index in [0.717, 1.165) is 0 Å². The van der Waals surface area contributed by atoms with Crippen molar-refractivity contribution >= 4 is 17.5 Å². The average molecular weight is 453 g/mol. The number of benzene rings is 1. The first kappa shape index (κ1) is 25.4. The summed E-state index contributed by atoms with van der Waals surface area (Å²) in [5.74, 6) is -1.89. The van der Waals surface area contributed by atoms with Crippen LogP contribution >= 0.6 is 0 Å². The Morgan fingerprint density at radius 2 is 1.84 bits per heavy atom. The van der Waals surface area contributed by atoms with Crippen LogP contribution in [0.15, 0.2) is 18.2 Å². The molecule has 1 aromatic carbocycles. The molecule has 1 unspecified atom stereocenters. The zero-order valence-corrected chi connectivity index (χ0v) is 18.4. The number of rotatable bonds is 9. The van der Waals surface area contributed by atoms with Crippen molar-refractivity contribution in [1.29, 1.82) is 0 Å². The minimum absolute atomic E-state index is 0.0281. The van der Waals surface area contributed by atoms with Crippen molar-refractivity contribution in [3.05, 3.63) is 52.1 Å². The van der Waals surface area contributed by atoms with Crippen molar-refractivity contribution in [1.82, 2.24) is 9.88 Å². The Balaban J connectivity index is 2.42. The summed E-state index contributed by atoms with van der Waals surface area (Å²) in [5.41, 5.74) is 1.49. The molecule has 5 N–H and O–H groups in total. The Morgan fingerprint density at radius 1 is 1.19 bits per heavy atom. The second kappa shape index (κ2) is 10.7. The van der Waals surface area contributed by atoms with Crippen LogP contribution in [0.3, 0.4) is 0 Å². The highest BCUT2D eigenvalue weighted by Crippen LogP contribution is 2.29. The number of nitrogens with zero attached hydrogens (tertiary/aromatic N) is 1. The third-order valence-corrected chi connectivity index (χ3v) is 5.38. The van der Waals surface area contributed by atoms with Crippen molar-refractivity contribution in [3.63, 3.8) is 0 Å². The molecule has 0 spiro atoms. The Labute approximate surface area is 184 Å². The molecular formula is C22H29F2N3O5. The first-order chi connectivity index (χ1) is 15.0. The highest BCUT2D eigenvalue weighted by atomic mass is 19.1. The van der Waals surface area contributed by atoms with Gasteiger partial charge in [0.05, 0.1) is 36.6 Å². The summed E-state index contributed by atoms with van der Waals surface area (Å²) in [6.45, 7) is 4.46. The summed E-state index contributed by atoms with van der Waals surface area (Å²) >= 11 is 0. The smallest absolute Gasteiger partial charge is 0.257 e. The number of aliphatic hydroxyl groups excluding tert-OH is 3. The third kappa shape index (κ3) is 5.32. The number of nitrogens with one attached hydrogen (secondary N) is 2. The summed E-state index contributed by atoms with van der Waals surface area (Å²) in [6.07, 6.45) is -2.85. The molecule has 10 heteroatoms. The average Bonchev–Trinajstić information content (AvgIpc) is 2.97. The largest absolute Gasteiger partial charge is 0.394 e. The standard InChI is InChI=1S/C22H29F2N3O5/c1-11-9-15(5-6-16(11)24)25-21(31)18-12(2)19(27(8-7-23)13(18)3)20(30)22(32)26-17(10-28)14(4)29/h5-6,9,14,17,20,28-30H,7-8,10H2,1-4H3,(H,25,31)(H,26,32)/t14-,17-,20?/m1/s1. The van der Waals surface area contributed by atoms with E-state index in [-0.39, 0.29) is 23.4 Å². The lowest BCUT2D eigenvalue weighted by atomic mass is 10.1. The topological polar surface area (TPSA) is 124 Å². The van der Waals surface area contributed by atoms with Crippen LogP contribution in [-0.4, -0.2) is 57.1 Å². The maximum Gasteiger partial charge on any atom is 0.257 e. The molecule has 0 aliphatic rings. The molecule has 1 aromatic heterocycles. The number of carbonyl (C=O) groups is 2. The lowest BCUT2D eigenvalue weighted by Crippen LogP contribution is -2.46. The molecule has 8 nitrogen and oxygen atoms in total. The predicted molar refractivity (Wildman–Crippen MR) is 115 cm³/mol. The van der Waals surface area contributed by atoms with Gasteiger partial charge in [-0.3, -0.25) is 9.59 Å². The van der Waals surface area contributed by atoms with Crippen molar-refractivity contribution in [2.24, 2.45) is 0 Å². The van der Waals surface area contributed by atoms with E-state index >= 15 is 0 Å². The van der Waals surface area contributed by atoms with Crippen LogP contribution in [0.25, 0.3) is 0 Å². The monoisotopic (exact) mass is 453 g/mol. The van der Waals surface area contributed by atoms with E-state index < -0.39 is 49.2 Å². The van der Waals surface area contributed by atoms with Crippen LogP contribution in [0.2, 0.25) is 0 Å². The molecule has 0 aliphatic carbocycles. The van der Waals surface area contributed by atoms with Gasteiger partial charge >= 0.3 is 0 Å². The van der Waals surface area contributed by atoms with Gasteiger partial charge in [0.1, 0.15) is 12.5 Å². The van der Waals surface area contributed by atoms with Crippen molar-refractivity contribution in [3.8, 4) is 0 Å². The fraction of sp³-hybridized carbons (Fsp3) is 0.455. The summed E-state index contributed by atoms with van der Waals surface area (Å²) in [7, 11) is 0. The fourth-order valence-corrected chi connectivity index (χ4v) is 3.60. The maximum atomic E-state index is 13.5. The van der Waals surface area contributed by atoms with Gasteiger partial charge in [-0.2, -0.15) is 0 Å². The number of anilines is 1. The van der Waals surface area contributed by atoms with Gasteiger partial charge in [0, 0.05) is 11.4 Å². The van der Waals surface area contributed by atoms with E-state index in [2.05, 4.69) is 10.6 Å². The van der Waals surface area contributed by atoms with Gasteiger partial charge in [-0.1, -0.05) is 0 Å². The molecule has 0 fully saturated rings. The lowest BCUT2D eigenvalue weighted by Gasteiger charge is -2.22. The van der Waals surface area contributed by atoms with Crippen LogP contribution in [0, 0.1) is 26.6 Å². The van der Waals surface area contributed by atoms with Crippen molar-refractivity contribution in [2.45, 2.75) is 52.5 Å². The Morgan fingerprint density at radius 3 is 2.38 bits per heavy atom. The number of hydrogen-bond acceptors (Lipinski definition) is 5. The summed E-state index contributed by atoms with van der Waals surface area (Å²) in [5, 5.41) is 34.6. The Kier molecular flexibility index (Phi) is 8.48. The number of amides is 2. The van der Waals surface area contributed by atoms with Crippen LogP contribution in [0.5, 0.6) is 0 Å². The normalized spacial score (nSPS) is 14.0. The number of aryl methyl sites for hydroxylation is 1. The Bertz CT molecular complexity index is 990. The van der Waals surface area contributed by atoms with Gasteiger partial charge in [-0.15, -0.1) is 0 Å². The molecular weight excluding hydrogens is 424 g/mol. The maximum absolute atomic E-state index is 13.5. The molecule has 2 amide bonds. The van der Waals surface area contributed by atoms with E-state index in [1.165, 1.54) is 36.6 Å². The van der Waals surface area contributed by atoms with E-state index in [1.807, 2.05) is 0 Å². The molecule has 0 aliphatic heterocycles. The summed E-state index contributed by atoms with van der Waals surface area (Å²) < 4.78 is 28.1. The van der Waals surface area contributed by atoms with Gasteiger partial charge in [-0.25, -0.2) is 8.78 Å². The van der Waals surface area contributed by atoms with Crippen LogP contribution in [-0.2, 0) is 11.3 Å². The molecule has 32 heavy (non-hydrogen) atoms. The molecule has 0 bridgehead atoms. The minimum atomic E-state index is -1.78. The zero-order valence-electron chi connectivity index (χ0n) is 18.4. The number of carbonyl (C=O) groups excluding carboxylic acids is 2. The van der Waals surface area contributed by atoms with Gasteiger partial charge in [0.15, 0.2) is 6.10 Å². The molecule has 0 radical (unpaired) electrons. The molecule has 0 saturated carbocycles. The molecule has 0 saturated heterocycles. The second-order valence-corrected chi connectivity index (χ2v) is 7.67. The fourth-order valence-electron chi connectivity index (χ4n) is 3.60. The van der Waals surface area contributed by atoms with Gasteiger partial charge in [0.2, 0.25) is 0 Å². The number of halogens is 2. The molecule has 176 valence electrons. The number of alkyl halides is 1. The van der Waals surface area contributed by atoms with Crippen molar-refractivity contribution in [2.75, 3.05) is 18.6 Å². The molecule has 1 heterocycles. The molecule has 2 aromatic rings. The third-order valence-electron chi connectivity index (χ3n) is 5.38. The second-order valence-electron chi connectivity index (χ2n) is 7.67. The van der Waals surface area contributed by atoms with E-state index in [0.29, 0.717) is 16.9 Å². The first-order valence-corrected chi connectivity index (χ1v) is 10.1. The van der Waals surface area contributed by atoms with E-state index in [4.69, 9.17) is 0 Å². The first-order valence-electron chi connectivity index (χ1n) is 10.1. The van der Waals surface area contributed by atoms with Crippen LogP contribution < -0.4 is 10.6 Å². The highest BCUT2D eigenvalue weighted by Gasteiger charge is 2.31. The van der Waals surface area contributed by atoms with Gasteiger partial charge < -0.3 is 30.5 Å². The molecule has 2 rings (SSSR count). The highest BCUT2D eigenvalue weighted by molar-refractivity contribution is 6.06. The zero-order chi connectivity index (χ0) is 24.2. The minimum Gasteiger partial charge on any atom is -0.394 e. The van der Waals surface area contributed by atoms with Gasteiger partial charge in [-0.05, 0) is 57.0 Å². The quantitative estimate of drug-likeness (QED) is 0.395. The van der Waals surface area contributed by atoms with Crippen molar-refractivity contribution < 1.29 is 33.7 Å².